The van der Waals surface area contributed by atoms with Crippen LogP contribution in [0.5, 0.6) is 0 Å². The zero-order chi connectivity index (χ0) is 26.9. The fraction of sp³-hybridized carbons (Fsp3) is 0.517. The number of aliphatic hydroxyl groups excluding tert-OH is 2. The van der Waals surface area contributed by atoms with Crippen LogP contribution in [0.4, 0.5) is 5.69 Å². The van der Waals surface area contributed by atoms with E-state index in [1.165, 1.54) is 0 Å². The molecule has 4 atom stereocenters. The number of carbonyl (C=O) groups is 2. The van der Waals surface area contributed by atoms with E-state index in [-0.39, 0.29) is 50.2 Å². The SMILES string of the molecule is O=C(O)CCCCC(=O)Nc1cccc([C@H]2O[C@@H](CN3CCC[C@H]3CO)C[C@@H](c3ccc(CO)cc3)O2)c1. The van der Waals surface area contributed by atoms with Gasteiger partial charge in [0.25, 0.3) is 0 Å². The number of nitrogens with one attached hydrogen (secondary N) is 1. The number of carbonyl (C=O) groups excluding carboxylic acids is 1. The van der Waals surface area contributed by atoms with Crippen molar-refractivity contribution in [3.63, 3.8) is 0 Å². The van der Waals surface area contributed by atoms with Crippen LogP contribution in [-0.4, -0.2) is 63.9 Å². The minimum absolute atomic E-state index is 0.0181. The first kappa shape index (κ1) is 28.2. The number of unbranched alkanes of at least 4 members (excludes halogenated alkanes) is 1. The molecule has 9 heteroatoms. The summed E-state index contributed by atoms with van der Waals surface area (Å²) in [6.07, 6.45) is 3.01. The smallest absolute Gasteiger partial charge is 0.303 e. The van der Waals surface area contributed by atoms with Gasteiger partial charge in [0, 0.05) is 43.1 Å². The summed E-state index contributed by atoms with van der Waals surface area (Å²) in [5.74, 6) is -1.02. The van der Waals surface area contributed by atoms with Gasteiger partial charge >= 0.3 is 5.97 Å². The van der Waals surface area contributed by atoms with Gasteiger partial charge in [0.1, 0.15) is 0 Å². The van der Waals surface area contributed by atoms with Crippen molar-refractivity contribution in [1.82, 2.24) is 4.90 Å². The first-order valence-corrected chi connectivity index (χ1v) is 13.4. The molecule has 1 amide bonds. The van der Waals surface area contributed by atoms with Crippen LogP contribution in [0, 0.1) is 0 Å². The Balaban J connectivity index is 1.46. The maximum atomic E-state index is 12.4. The molecular weight excluding hydrogens is 488 g/mol. The standard InChI is InChI=1S/C29H38N2O7/c32-18-20-10-12-21(13-11-20)26-16-25(17-31-14-4-7-24(31)19-33)37-29(38-26)22-5-3-6-23(15-22)30-27(34)8-1-2-9-28(35)36/h3,5-6,10-13,15,24-26,29,32-33H,1-2,4,7-9,14,16-19H2,(H,30,34)(H,35,36)/t24-,25+,26-,29-/m0/s1. The molecule has 2 saturated heterocycles. The molecule has 206 valence electrons. The summed E-state index contributed by atoms with van der Waals surface area (Å²) >= 11 is 0. The van der Waals surface area contributed by atoms with Crippen LogP contribution in [0.3, 0.4) is 0 Å². The molecule has 0 unspecified atom stereocenters. The van der Waals surface area contributed by atoms with Crippen molar-refractivity contribution < 1.29 is 34.4 Å². The number of hydrogen-bond acceptors (Lipinski definition) is 7. The van der Waals surface area contributed by atoms with E-state index in [1.54, 1.807) is 6.07 Å². The molecule has 0 aromatic heterocycles. The second kappa shape index (κ2) is 13.8. The Labute approximate surface area is 223 Å². The number of carboxylic acid groups (broad SMARTS) is 1. The average Bonchev–Trinajstić information content (AvgIpc) is 3.38. The van der Waals surface area contributed by atoms with Crippen LogP contribution >= 0.6 is 0 Å². The topological polar surface area (TPSA) is 129 Å². The fourth-order valence-corrected chi connectivity index (χ4v) is 5.19. The van der Waals surface area contributed by atoms with E-state index in [9.17, 15) is 19.8 Å². The molecule has 9 nitrogen and oxygen atoms in total. The molecule has 0 radical (unpaired) electrons. The Morgan fingerprint density at radius 1 is 1.00 bits per heavy atom. The Kier molecular flexibility index (Phi) is 10.3. The van der Waals surface area contributed by atoms with Gasteiger partial charge in [-0.05, 0) is 55.5 Å². The van der Waals surface area contributed by atoms with Gasteiger partial charge in [0.15, 0.2) is 6.29 Å². The molecule has 2 fully saturated rings. The third kappa shape index (κ3) is 7.85. The molecule has 2 aromatic carbocycles. The van der Waals surface area contributed by atoms with Gasteiger partial charge in [-0.15, -0.1) is 0 Å². The number of ether oxygens (including phenoxy) is 2. The zero-order valence-corrected chi connectivity index (χ0v) is 21.6. The second-order valence-electron chi connectivity index (χ2n) is 10.1. The highest BCUT2D eigenvalue weighted by molar-refractivity contribution is 5.90. The molecule has 4 N–H and O–H groups in total. The van der Waals surface area contributed by atoms with Crippen molar-refractivity contribution in [1.29, 1.82) is 0 Å². The Morgan fingerprint density at radius 2 is 1.79 bits per heavy atom. The van der Waals surface area contributed by atoms with Crippen molar-refractivity contribution in [3.8, 4) is 0 Å². The van der Waals surface area contributed by atoms with Crippen LogP contribution in [0.2, 0.25) is 0 Å². The predicted octanol–water partition coefficient (Wildman–Crippen LogP) is 3.76. The lowest BCUT2D eigenvalue weighted by Crippen LogP contribution is -2.42. The number of carboxylic acids is 1. The molecule has 0 saturated carbocycles. The largest absolute Gasteiger partial charge is 0.481 e. The second-order valence-corrected chi connectivity index (χ2v) is 10.1. The van der Waals surface area contributed by atoms with Crippen LogP contribution in [0.25, 0.3) is 0 Å². The van der Waals surface area contributed by atoms with E-state index in [4.69, 9.17) is 14.6 Å². The predicted molar refractivity (Wildman–Crippen MR) is 141 cm³/mol. The van der Waals surface area contributed by atoms with E-state index >= 15 is 0 Å². The van der Waals surface area contributed by atoms with Gasteiger partial charge < -0.3 is 30.1 Å². The summed E-state index contributed by atoms with van der Waals surface area (Å²) in [4.78, 5) is 25.3. The summed E-state index contributed by atoms with van der Waals surface area (Å²) in [5, 5.41) is 30.9. The molecule has 38 heavy (non-hydrogen) atoms. The first-order valence-electron chi connectivity index (χ1n) is 13.4. The summed E-state index contributed by atoms with van der Waals surface area (Å²) in [6.45, 7) is 1.75. The van der Waals surface area contributed by atoms with Crippen molar-refractivity contribution in [2.75, 3.05) is 25.0 Å². The highest BCUT2D eigenvalue weighted by Gasteiger charge is 2.35. The lowest BCUT2D eigenvalue weighted by atomic mass is 9.99. The first-order chi connectivity index (χ1) is 18.4. The number of aliphatic carboxylic acids is 1. The number of amides is 1. The molecule has 0 bridgehead atoms. The quantitative estimate of drug-likeness (QED) is 0.308. The summed E-state index contributed by atoms with van der Waals surface area (Å²) in [6, 6.07) is 15.3. The number of aliphatic hydroxyl groups is 2. The third-order valence-corrected chi connectivity index (χ3v) is 7.25. The molecule has 0 aliphatic carbocycles. The average molecular weight is 527 g/mol. The zero-order valence-electron chi connectivity index (χ0n) is 21.6. The monoisotopic (exact) mass is 526 g/mol. The highest BCUT2D eigenvalue weighted by Crippen LogP contribution is 2.39. The van der Waals surface area contributed by atoms with Gasteiger partial charge in [-0.25, -0.2) is 0 Å². The van der Waals surface area contributed by atoms with Crippen LogP contribution < -0.4 is 5.32 Å². The van der Waals surface area contributed by atoms with E-state index in [0.29, 0.717) is 31.5 Å². The number of likely N-dealkylation sites (tertiary alicyclic amines) is 1. The molecule has 0 spiro atoms. The van der Waals surface area contributed by atoms with E-state index in [2.05, 4.69) is 10.2 Å². The lowest BCUT2D eigenvalue weighted by molar-refractivity contribution is -0.253. The van der Waals surface area contributed by atoms with Crippen molar-refractivity contribution in [2.45, 2.75) is 76.1 Å². The molecule has 2 aliphatic heterocycles. The van der Waals surface area contributed by atoms with Crippen molar-refractivity contribution >= 4 is 17.6 Å². The van der Waals surface area contributed by atoms with Crippen molar-refractivity contribution in [3.05, 3.63) is 65.2 Å². The number of benzene rings is 2. The number of nitrogens with zero attached hydrogens (tertiary/aromatic N) is 1. The van der Waals surface area contributed by atoms with Gasteiger partial charge in [0.2, 0.25) is 5.91 Å². The molecular formula is C29H38N2O7. The number of rotatable bonds is 12. The highest BCUT2D eigenvalue weighted by atomic mass is 16.7. The van der Waals surface area contributed by atoms with Gasteiger partial charge in [0.05, 0.1) is 25.4 Å². The van der Waals surface area contributed by atoms with E-state index in [0.717, 1.165) is 36.1 Å². The normalized spacial score (nSPS) is 23.8. The maximum Gasteiger partial charge on any atom is 0.303 e. The third-order valence-electron chi connectivity index (χ3n) is 7.25. The molecule has 2 aliphatic rings. The lowest BCUT2D eigenvalue weighted by Gasteiger charge is -2.38. The summed E-state index contributed by atoms with van der Waals surface area (Å²) in [7, 11) is 0. The minimum atomic E-state index is -0.858. The van der Waals surface area contributed by atoms with Gasteiger partial charge in [-0.1, -0.05) is 36.4 Å². The van der Waals surface area contributed by atoms with Crippen LogP contribution in [-0.2, 0) is 25.7 Å². The molecule has 2 aromatic rings. The van der Waals surface area contributed by atoms with Gasteiger partial charge in [-0.3, -0.25) is 14.5 Å². The maximum absolute atomic E-state index is 12.4. The van der Waals surface area contributed by atoms with E-state index < -0.39 is 12.3 Å². The minimum Gasteiger partial charge on any atom is -0.481 e. The Morgan fingerprint density at radius 3 is 2.53 bits per heavy atom. The fourth-order valence-electron chi connectivity index (χ4n) is 5.19. The number of hydrogen-bond donors (Lipinski definition) is 4. The van der Waals surface area contributed by atoms with Crippen LogP contribution in [0.1, 0.15) is 74.0 Å². The van der Waals surface area contributed by atoms with Crippen molar-refractivity contribution in [2.24, 2.45) is 0 Å². The Hall–Kier alpha value is -2.82. The Bertz CT molecular complexity index is 1060. The summed E-state index contributed by atoms with van der Waals surface area (Å²) < 4.78 is 12.9. The van der Waals surface area contributed by atoms with Gasteiger partial charge in [-0.2, -0.15) is 0 Å². The summed E-state index contributed by atoms with van der Waals surface area (Å²) in [5.41, 5.74) is 3.26. The number of anilines is 1. The van der Waals surface area contributed by atoms with Crippen LogP contribution in [0.15, 0.2) is 48.5 Å². The molecule has 2 heterocycles. The molecule has 4 rings (SSSR count). The van der Waals surface area contributed by atoms with E-state index in [1.807, 2.05) is 42.5 Å².